The quantitative estimate of drug-likeness (QED) is 0.742. The number of phenols is 1. The molecule has 1 aliphatic carbocycles. The van der Waals surface area contributed by atoms with Gasteiger partial charge in [-0.15, -0.1) is 0 Å². The van der Waals surface area contributed by atoms with Gasteiger partial charge in [-0.25, -0.2) is 13.2 Å². The number of halogens is 3. The van der Waals surface area contributed by atoms with E-state index >= 15 is 0 Å². The van der Waals surface area contributed by atoms with Gasteiger partial charge in [0.15, 0.2) is 23.2 Å². The molecular weight excluding hydrogens is 397 g/mol. The summed E-state index contributed by atoms with van der Waals surface area (Å²) in [7, 11) is 0. The first-order valence-electron chi connectivity index (χ1n) is 8.80. The summed E-state index contributed by atoms with van der Waals surface area (Å²) >= 11 is 0. The number of rotatable bonds is 2. The molecule has 2 aromatic carbocycles. The monoisotopic (exact) mass is 410 g/mol. The number of phenolic OH excluding ortho intramolecular Hbond substituents is 1. The van der Waals surface area contributed by atoms with Gasteiger partial charge in [0.05, 0.1) is 11.6 Å². The maximum atomic E-state index is 13.9. The highest BCUT2D eigenvalue weighted by atomic mass is 19.2. The minimum Gasteiger partial charge on any atom is -0.508 e. The molecule has 0 amide bonds. The maximum absolute atomic E-state index is 13.9. The molecular formula is C22H13F3N2O3. The summed E-state index contributed by atoms with van der Waals surface area (Å²) in [5, 5.41) is 29.1. The van der Waals surface area contributed by atoms with Crippen LogP contribution in [0.4, 0.5) is 18.9 Å². The van der Waals surface area contributed by atoms with Crippen LogP contribution in [0.2, 0.25) is 0 Å². The molecule has 1 aliphatic heterocycles. The molecule has 0 aromatic heterocycles. The van der Waals surface area contributed by atoms with Crippen LogP contribution in [-0.2, 0) is 4.79 Å². The van der Waals surface area contributed by atoms with Crippen LogP contribution in [0.5, 0.6) is 5.75 Å². The number of hydrogen-bond donors (Lipinski definition) is 2. The Morgan fingerprint density at radius 1 is 1.10 bits per heavy atom. The van der Waals surface area contributed by atoms with Crippen LogP contribution >= 0.6 is 0 Å². The van der Waals surface area contributed by atoms with Crippen molar-refractivity contribution in [3.8, 4) is 11.8 Å². The second-order valence-electron chi connectivity index (χ2n) is 6.80. The Morgan fingerprint density at radius 2 is 1.73 bits per heavy atom. The third-order valence-electron chi connectivity index (χ3n) is 4.95. The lowest BCUT2D eigenvalue weighted by Gasteiger charge is -2.33. The zero-order valence-electron chi connectivity index (χ0n) is 15.2. The molecule has 0 fully saturated rings. The van der Waals surface area contributed by atoms with Crippen molar-refractivity contribution < 1.29 is 28.2 Å². The van der Waals surface area contributed by atoms with Crippen molar-refractivity contribution in [2.45, 2.75) is 6.10 Å². The van der Waals surface area contributed by atoms with Gasteiger partial charge in [0.2, 0.25) is 0 Å². The first-order valence-corrected chi connectivity index (χ1v) is 8.80. The molecule has 2 N–H and O–H groups in total. The molecule has 1 heterocycles. The van der Waals surface area contributed by atoms with E-state index in [4.69, 9.17) is 0 Å². The summed E-state index contributed by atoms with van der Waals surface area (Å²) in [6.45, 7) is -0.0503. The Morgan fingerprint density at radius 3 is 2.33 bits per heavy atom. The highest BCUT2D eigenvalue weighted by Gasteiger charge is 2.35. The number of anilines is 1. The number of Topliss-reactive ketones (excluding diaryl/α,β-unsaturated/α-hetero) is 1. The summed E-state index contributed by atoms with van der Waals surface area (Å²) in [5.41, 5.74) is 0.741. The number of ketones is 1. The zero-order valence-corrected chi connectivity index (χ0v) is 15.2. The Kier molecular flexibility index (Phi) is 4.68. The van der Waals surface area contributed by atoms with Crippen LogP contribution in [0.3, 0.4) is 0 Å². The van der Waals surface area contributed by atoms with Crippen molar-refractivity contribution in [1.29, 1.82) is 5.26 Å². The number of aromatic hydroxyl groups is 1. The van der Waals surface area contributed by atoms with E-state index in [1.54, 1.807) is 17.0 Å². The van der Waals surface area contributed by atoms with Crippen LogP contribution < -0.4 is 4.90 Å². The molecule has 2 aromatic rings. The van der Waals surface area contributed by atoms with Crippen molar-refractivity contribution in [2.24, 2.45) is 0 Å². The van der Waals surface area contributed by atoms with Gasteiger partial charge in [-0.05, 0) is 53.6 Å². The Hall–Kier alpha value is -3.83. The van der Waals surface area contributed by atoms with Crippen LogP contribution in [0.15, 0.2) is 65.4 Å². The van der Waals surface area contributed by atoms with Gasteiger partial charge >= 0.3 is 0 Å². The van der Waals surface area contributed by atoms with E-state index in [0.717, 1.165) is 18.2 Å². The van der Waals surface area contributed by atoms with Crippen LogP contribution in [0.1, 0.15) is 5.56 Å². The van der Waals surface area contributed by atoms with Crippen molar-refractivity contribution in [3.63, 3.8) is 0 Å². The molecule has 1 atom stereocenters. The molecule has 30 heavy (non-hydrogen) atoms. The molecule has 0 radical (unpaired) electrons. The van der Waals surface area contributed by atoms with Crippen molar-refractivity contribution in [1.82, 2.24) is 0 Å². The fraction of sp³-hybridized carbons (Fsp3) is 0.0909. The summed E-state index contributed by atoms with van der Waals surface area (Å²) < 4.78 is 41.3. The van der Waals surface area contributed by atoms with Gasteiger partial charge in [0, 0.05) is 29.6 Å². The van der Waals surface area contributed by atoms with Crippen LogP contribution in [0, 0.1) is 28.8 Å². The second kappa shape index (κ2) is 7.21. The van der Waals surface area contributed by atoms with Crippen LogP contribution in [0.25, 0.3) is 5.57 Å². The molecule has 0 spiro atoms. The van der Waals surface area contributed by atoms with E-state index in [2.05, 4.69) is 0 Å². The predicted octanol–water partition coefficient (Wildman–Crippen LogP) is 3.36. The second-order valence-corrected chi connectivity index (χ2v) is 6.80. The molecule has 150 valence electrons. The van der Waals surface area contributed by atoms with Gasteiger partial charge in [-0.2, -0.15) is 5.26 Å². The van der Waals surface area contributed by atoms with E-state index in [1.165, 1.54) is 18.3 Å². The maximum Gasteiger partial charge on any atom is 0.196 e. The van der Waals surface area contributed by atoms with Crippen LogP contribution in [-0.4, -0.2) is 28.6 Å². The minimum atomic E-state index is -1.64. The number of aliphatic hydroxyl groups is 1. The lowest BCUT2D eigenvalue weighted by Crippen LogP contribution is -2.34. The first kappa shape index (κ1) is 19.5. The highest BCUT2D eigenvalue weighted by Crippen LogP contribution is 2.39. The minimum absolute atomic E-state index is 0.0149. The lowest BCUT2D eigenvalue weighted by molar-refractivity contribution is -0.121. The van der Waals surface area contributed by atoms with E-state index in [1.807, 2.05) is 6.07 Å². The van der Waals surface area contributed by atoms with Crippen molar-refractivity contribution in [3.05, 3.63) is 88.4 Å². The summed E-state index contributed by atoms with van der Waals surface area (Å²) in [4.78, 5) is 14.3. The topological polar surface area (TPSA) is 84.6 Å². The standard InChI is InChI=1S/C22H13F3N2O3/c23-17-5-11(6-18(24)21(17)25)15-9-27(13-1-3-14(28)4-2-13)10-16-12(8-26)7-19(29)22(30)20(15)16/h1-7,10,19,28-29H,9H2. The normalized spacial score (nSPS) is 18.6. The third-order valence-corrected chi connectivity index (χ3v) is 4.95. The fourth-order valence-electron chi connectivity index (χ4n) is 3.51. The number of fused-ring (bicyclic) bond motifs is 1. The Balaban J connectivity index is 1.96. The SMILES string of the molecule is N#CC1=CC(O)C(=O)C2=C(c3cc(F)c(F)c(F)c3)CN(c3ccc(O)cc3)C=C12. The van der Waals surface area contributed by atoms with E-state index in [9.17, 15) is 33.4 Å². The Bertz CT molecular complexity index is 1180. The summed E-state index contributed by atoms with van der Waals surface area (Å²) in [6.07, 6.45) is 1.03. The van der Waals surface area contributed by atoms with E-state index < -0.39 is 29.3 Å². The van der Waals surface area contributed by atoms with Gasteiger partial charge in [0.25, 0.3) is 0 Å². The number of allylic oxidation sites excluding steroid dienone is 2. The largest absolute Gasteiger partial charge is 0.508 e. The average molecular weight is 410 g/mol. The number of carbonyl (C=O) groups is 1. The zero-order chi connectivity index (χ0) is 21.6. The fourth-order valence-corrected chi connectivity index (χ4v) is 3.51. The number of hydrogen-bond acceptors (Lipinski definition) is 5. The van der Waals surface area contributed by atoms with Crippen molar-refractivity contribution in [2.75, 3.05) is 11.4 Å². The number of aliphatic hydroxyl groups excluding tert-OH is 1. The Labute approximate surface area is 168 Å². The van der Waals surface area contributed by atoms with Gasteiger partial charge in [-0.3, -0.25) is 4.79 Å². The number of nitriles is 1. The van der Waals surface area contributed by atoms with Gasteiger partial charge in [0.1, 0.15) is 11.9 Å². The van der Waals surface area contributed by atoms with Gasteiger partial charge in [-0.1, -0.05) is 0 Å². The smallest absolute Gasteiger partial charge is 0.196 e. The number of nitrogens with zero attached hydrogens (tertiary/aromatic N) is 2. The third kappa shape index (κ3) is 3.15. The molecule has 0 saturated carbocycles. The molecule has 5 nitrogen and oxygen atoms in total. The number of carbonyl (C=O) groups excluding carboxylic acids is 1. The highest BCUT2D eigenvalue weighted by molar-refractivity contribution is 6.14. The van der Waals surface area contributed by atoms with E-state index in [0.29, 0.717) is 5.69 Å². The molecule has 8 heteroatoms. The first-order chi connectivity index (χ1) is 14.3. The van der Waals surface area contributed by atoms with Crippen molar-refractivity contribution >= 4 is 17.0 Å². The lowest BCUT2D eigenvalue weighted by atomic mass is 9.80. The average Bonchev–Trinajstić information content (AvgIpc) is 2.73. The summed E-state index contributed by atoms with van der Waals surface area (Å²) in [5.74, 6) is -5.20. The molecule has 1 unspecified atom stereocenters. The number of benzene rings is 2. The summed E-state index contributed by atoms with van der Waals surface area (Å²) in [6, 6.07) is 9.47. The molecule has 0 bridgehead atoms. The molecule has 0 saturated heterocycles. The van der Waals surface area contributed by atoms with Gasteiger partial charge < -0.3 is 15.1 Å². The molecule has 2 aliphatic rings. The predicted molar refractivity (Wildman–Crippen MR) is 101 cm³/mol. The molecule has 4 rings (SSSR count). The van der Waals surface area contributed by atoms with E-state index in [-0.39, 0.29) is 40.2 Å².